The topological polar surface area (TPSA) is 52.6 Å². The van der Waals surface area contributed by atoms with Gasteiger partial charge in [-0.05, 0) is 12.8 Å². The summed E-state index contributed by atoms with van der Waals surface area (Å²) in [4.78, 5) is 22.6. The van der Waals surface area contributed by atoms with Crippen LogP contribution in [0.2, 0.25) is 0 Å². The van der Waals surface area contributed by atoms with E-state index in [-0.39, 0.29) is 18.3 Å². The van der Waals surface area contributed by atoms with Gasteiger partial charge in [-0.15, -0.1) is 6.42 Å². The molecule has 0 fully saturated rings. The minimum absolute atomic E-state index is 0.0125. The monoisotopic (exact) mass is 222 g/mol. The average molecular weight is 222 g/mol. The van der Waals surface area contributed by atoms with Crippen LogP contribution in [0.25, 0.3) is 0 Å². The van der Waals surface area contributed by atoms with Crippen LogP contribution in [-0.4, -0.2) is 18.5 Å². The van der Waals surface area contributed by atoms with Gasteiger partial charge in [0.25, 0.3) is 0 Å². The fraction of sp³-hybridized carbons (Fsp3) is 0.500. The van der Waals surface area contributed by atoms with Crippen LogP contribution >= 0.6 is 0 Å². The van der Waals surface area contributed by atoms with Crippen molar-refractivity contribution in [3.05, 3.63) is 11.3 Å². The molecule has 0 aromatic carbocycles. The van der Waals surface area contributed by atoms with Crippen molar-refractivity contribution in [2.24, 2.45) is 5.92 Å². The normalized spacial score (nSPS) is 20.3. The smallest absolute Gasteiger partial charge is 0.421 e. The summed E-state index contributed by atoms with van der Waals surface area (Å²) in [6.07, 6.45) is 5.15. The van der Waals surface area contributed by atoms with E-state index < -0.39 is 6.16 Å². The van der Waals surface area contributed by atoms with Crippen LogP contribution in [-0.2, 0) is 14.3 Å². The number of ketones is 1. The molecule has 0 radical (unpaired) electrons. The highest BCUT2D eigenvalue weighted by molar-refractivity contribution is 5.96. The Morgan fingerprint density at radius 1 is 1.56 bits per heavy atom. The van der Waals surface area contributed by atoms with Gasteiger partial charge in [-0.25, -0.2) is 4.79 Å². The standard InChI is InChI=1S/C12H14O4/c1-4-5-15-12(14)16-11-7-8(2)6-10(13)9(11)3/h1,8H,5-7H2,2-3H3/t8-/m1/s1. The van der Waals surface area contributed by atoms with Gasteiger partial charge in [-0.1, -0.05) is 12.8 Å². The first-order valence-electron chi connectivity index (χ1n) is 5.05. The van der Waals surface area contributed by atoms with Crippen molar-refractivity contribution in [1.82, 2.24) is 0 Å². The number of hydrogen-bond acceptors (Lipinski definition) is 4. The lowest BCUT2D eigenvalue weighted by Crippen LogP contribution is -2.19. The molecule has 0 bridgehead atoms. The van der Waals surface area contributed by atoms with Crippen LogP contribution in [0.3, 0.4) is 0 Å². The van der Waals surface area contributed by atoms with Crippen molar-refractivity contribution >= 4 is 11.9 Å². The Morgan fingerprint density at radius 2 is 2.25 bits per heavy atom. The first-order chi connectivity index (χ1) is 7.54. The second-order valence-corrected chi connectivity index (χ2v) is 3.83. The zero-order valence-corrected chi connectivity index (χ0v) is 9.41. The maximum absolute atomic E-state index is 11.5. The number of rotatable bonds is 2. The third-order valence-electron chi connectivity index (χ3n) is 2.38. The highest BCUT2D eigenvalue weighted by Gasteiger charge is 2.25. The number of allylic oxidation sites excluding steroid dienone is 2. The minimum atomic E-state index is -0.853. The predicted molar refractivity (Wildman–Crippen MR) is 57.4 cm³/mol. The van der Waals surface area contributed by atoms with Gasteiger partial charge in [0.2, 0.25) is 0 Å². The summed E-state index contributed by atoms with van der Waals surface area (Å²) >= 11 is 0. The highest BCUT2D eigenvalue weighted by atomic mass is 16.7. The molecule has 0 saturated heterocycles. The molecule has 0 saturated carbocycles. The number of Topliss-reactive ketones (excluding diaryl/α,β-unsaturated/α-hetero) is 1. The molecule has 0 unspecified atom stereocenters. The van der Waals surface area contributed by atoms with E-state index in [1.807, 2.05) is 6.92 Å². The van der Waals surface area contributed by atoms with Crippen molar-refractivity contribution in [3.8, 4) is 12.3 Å². The molecule has 0 aliphatic heterocycles. The minimum Gasteiger partial charge on any atom is -0.421 e. The molecular weight excluding hydrogens is 208 g/mol. The van der Waals surface area contributed by atoms with E-state index in [1.54, 1.807) is 6.92 Å². The Morgan fingerprint density at radius 3 is 2.88 bits per heavy atom. The van der Waals surface area contributed by atoms with Crippen molar-refractivity contribution in [2.45, 2.75) is 26.7 Å². The molecule has 16 heavy (non-hydrogen) atoms. The summed E-state index contributed by atoms with van der Waals surface area (Å²) < 4.78 is 9.52. The second kappa shape index (κ2) is 5.36. The van der Waals surface area contributed by atoms with E-state index in [2.05, 4.69) is 10.7 Å². The van der Waals surface area contributed by atoms with Gasteiger partial charge in [-0.3, -0.25) is 4.79 Å². The summed E-state index contributed by atoms with van der Waals surface area (Å²) in [7, 11) is 0. The van der Waals surface area contributed by atoms with Gasteiger partial charge >= 0.3 is 6.16 Å². The van der Waals surface area contributed by atoms with Crippen LogP contribution in [0.4, 0.5) is 4.79 Å². The van der Waals surface area contributed by atoms with Crippen molar-refractivity contribution < 1.29 is 19.1 Å². The summed E-state index contributed by atoms with van der Waals surface area (Å²) in [6.45, 7) is 3.45. The van der Waals surface area contributed by atoms with E-state index in [0.717, 1.165) is 0 Å². The van der Waals surface area contributed by atoms with Crippen molar-refractivity contribution in [3.63, 3.8) is 0 Å². The van der Waals surface area contributed by atoms with Crippen LogP contribution in [0, 0.1) is 18.3 Å². The first kappa shape index (κ1) is 12.3. The zero-order valence-electron chi connectivity index (χ0n) is 9.41. The Balaban J connectivity index is 2.65. The van der Waals surface area contributed by atoms with Crippen LogP contribution < -0.4 is 0 Å². The van der Waals surface area contributed by atoms with E-state index in [4.69, 9.17) is 11.2 Å². The number of hydrogen-bond donors (Lipinski definition) is 0. The van der Waals surface area contributed by atoms with E-state index >= 15 is 0 Å². The fourth-order valence-electron chi connectivity index (χ4n) is 1.52. The average Bonchev–Trinajstić information content (AvgIpc) is 2.22. The molecule has 0 spiro atoms. The maximum atomic E-state index is 11.5. The summed E-state index contributed by atoms with van der Waals surface area (Å²) in [5.41, 5.74) is 0.496. The Kier molecular flexibility index (Phi) is 4.12. The molecule has 0 amide bonds. The summed E-state index contributed by atoms with van der Waals surface area (Å²) in [6, 6.07) is 0. The number of ether oxygens (including phenoxy) is 2. The summed E-state index contributed by atoms with van der Waals surface area (Å²) in [5.74, 6) is 2.75. The lowest BCUT2D eigenvalue weighted by Gasteiger charge is -2.20. The SMILES string of the molecule is C#CCOC(=O)OC1=C(C)C(=O)C[C@@H](C)C1. The molecular formula is C12H14O4. The molecule has 0 N–H and O–H groups in total. The molecule has 86 valence electrons. The largest absolute Gasteiger partial charge is 0.514 e. The lowest BCUT2D eigenvalue weighted by atomic mass is 9.89. The number of carbonyl (C=O) groups is 2. The molecule has 1 aliphatic carbocycles. The Labute approximate surface area is 94.6 Å². The molecule has 4 nitrogen and oxygen atoms in total. The van der Waals surface area contributed by atoms with E-state index in [1.165, 1.54) is 0 Å². The van der Waals surface area contributed by atoms with Gasteiger partial charge in [0, 0.05) is 18.4 Å². The Hall–Kier alpha value is -1.76. The summed E-state index contributed by atoms with van der Waals surface area (Å²) in [5, 5.41) is 0. The first-order valence-corrected chi connectivity index (χ1v) is 5.05. The second-order valence-electron chi connectivity index (χ2n) is 3.83. The molecule has 1 atom stereocenters. The van der Waals surface area contributed by atoms with Gasteiger partial charge in [0.1, 0.15) is 5.76 Å². The van der Waals surface area contributed by atoms with Crippen LogP contribution in [0.1, 0.15) is 26.7 Å². The third kappa shape index (κ3) is 3.13. The van der Waals surface area contributed by atoms with Gasteiger partial charge in [0.15, 0.2) is 12.4 Å². The molecule has 1 aliphatic rings. The van der Waals surface area contributed by atoms with E-state index in [9.17, 15) is 9.59 Å². The van der Waals surface area contributed by atoms with Crippen molar-refractivity contribution in [2.75, 3.05) is 6.61 Å². The molecule has 0 aromatic heterocycles. The third-order valence-corrected chi connectivity index (χ3v) is 2.38. The van der Waals surface area contributed by atoms with Crippen LogP contribution in [0.5, 0.6) is 0 Å². The van der Waals surface area contributed by atoms with Crippen LogP contribution in [0.15, 0.2) is 11.3 Å². The molecule has 4 heteroatoms. The fourth-order valence-corrected chi connectivity index (χ4v) is 1.52. The van der Waals surface area contributed by atoms with Gasteiger partial charge in [0.05, 0.1) is 0 Å². The highest BCUT2D eigenvalue weighted by Crippen LogP contribution is 2.27. The molecule has 1 rings (SSSR count). The maximum Gasteiger partial charge on any atom is 0.514 e. The quantitative estimate of drug-likeness (QED) is 0.530. The Bertz CT molecular complexity index is 373. The van der Waals surface area contributed by atoms with Gasteiger partial charge in [-0.2, -0.15) is 0 Å². The zero-order chi connectivity index (χ0) is 12.1. The van der Waals surface area contributed by atoms with E-state index in [0.29, 0.717) is 24.2 Å². The number of terminal acetylenes is 1. The predicted octanol–water partition coefficient (Wildman–Crippen LogP) is 2.05. The number of carbonyl (C=O) groups excluding carboxylic acids is 2. The lowest BCUT2D eigenvalue weighted by molar-refractivity contribution is -0.117. The van der Waals surface area contributed by atoms with Gasteiger partial charge < -0.3 is 9.47 Å². The molecule has 0 aromatic rings. The molecule has 0 heterocycles. The van der Waals surface area contributed by atoms with Crippen molar-refractivity contribution in [1.29, 1.82) is 0 Å².